The van der Waals surface area contributed by atoms with Gasteiger partial charge in [0.05, 0.1) is 7.11 Å². The molecule has 1 rings (SSSR count). The average Bonchev–Trinajstić information content (AvgIpc) is 2.59. The number of halogens is 1. The Kier molecular flexibility index (Phi) is 14.4. The molecule has 0 radical (unpaired) electrons. The van der Waals surface area contributed by atoms with Crippen LogP contribution < -0.4 is 11.1 Å². The fraction of sp³-hybridized carbons (Fsp3) is 0.833. The van der Waals surface area contributed by atoms with Gasteiger partial charge < -0.3 is 20.7 Å². The molecule has 0 aromatic carbocycles. The number of primary amides is 1. The highest BCUT2D eigenvalue weighted by Gasteiger charge is 2.23. The molecule has 26 heavy (non-hydrogen) atoms. The SMILES string of the molecule is CCNC(=NCCCCCCC(=O)OC)N1CCCC(CC(N)=O)C1.I. The molecule has 8 heteroatoms. The van der Waals surface area contributed by atoms with E-state index in [2.05, 4.69) is 21.9 Å². The van der Waals surface area contributed by atoms with E-state index in [0.29, 0.717) is 18.8 Å². The monoisotopic (exact) mass is 482 g/mol. The highest BCUT2D eigenvalue weighted by atomic mass is 127. The number of nitrogens with two attached hydrogens (primary N) is 1. The Bertz CT molecular complexity index is 446. The number of nitrogens with zero attached hydrogens (tertiary/aromatic N) is 2. The Labute approximate surface area is 174 Å². The van der Waals surface area contributed by atoms with Gasteiger partial charge in [0, 0.05) is 39.0 Å². The van der Waals surface area contributed by atoms with Gasteiger partial charge in [-0.3, -0.25) is 14.6 Å². The van der Waals surface area contributed by atoms with Crippen molar-refractivity contribution in [1.82, 2.24) is 10.2 Å². The van der Waals surface area contributed by atoms with Crippen molar-refractivity contribution in [2.24, 2.45) is 16.6 Å². The Morgan fingerprint density at radius 3 is 2.65 bits per heavy atom. The summed E-state index contributed by atoms with van der Waals surface area (Å²) in [6.45, 7) is 5.48. The Balaban J connectivity index is 0.00000625. The van der Waals surface area contributed by atoms with Crippen molar-refractivity contribution in [3.63, 3.8) is 0 Å². The van der Waals surface area contributed by atoms with E-state index >= 15 is 0 Å². The van der Waals surface area contributed by atoms with Crippen molar-refractivity contribution in [2.75, 3.05) is 33.3 Å². The van der Waals surface area contributed by atoms with Crippen LogP contribution >= 0.6 is 24.0 Å². The lowest BCUT2D eigenvalue weighted by molar-refractivity contribution is -0.140. The minimum Gasteiger partial charge on any atom is -0.469 e. The molecule has 1 aliphatic heterocycles. The van der Waals surface area contributed by atoms with Gasteiger partial charge >= 0.3 is 5.97 Å². The maximum absolute atomic E-state index is 11.2. The van der Waals surface area contributed by atoms with E-state index in [1.165, 1.54) is 7.11 Å². The normalized spacial score (nSPS) is 17.4. The van der Waals surface area contributed by atoms with Crippen molar-refractivity contribution in [3.05, 3.63) is 0 Å². The topological polar surface area (TPSA) is 97.0 Å². The molecule has 0 aromatic heterocycles. The van der Waals surface area contributed by atoms with Crippen LogP contribution in [0.15, 0.2) is 4.99 Å². The number of methoxy groups -OCH3 is 1. The van der Waals surface area contributed by atoms with Gasteiger partial charge in [-0.15, -0.1) is 24.0 Å². The molecule has 1 amide bonds. The summed E-state index contributed by atoms with van der Waals surface area (Å²) in [6.07, 6.45) is 7.03. The molecule has 0 aromatic rings. The quantitative estimate of drug-likeness (QED) is 0.164. The molecule has 7 nitrogen and oxygen atoms in total. The largest absolute Gasteiger partial charge is 0.469 e. The summed E-state index contributed by atoms with van der Waals surface area (Å²) >= 11 is 0. The van der Waals surface area contributed by atoms with Crippen molar-refractivity contribution in [1.29, 1.82) is 0 Å². The van der Waals surface area contributed by atoms with Gasteiger partial charge in [0.25, 0.3) is 0 Å². The number of esters is 1. The number of likely N-dealkylation sites (tertiary alicyclic amines) is 1. The summed E-state index contributed by atoms with van der Waals surface area (Å²) in [6, 6.07) is 0. The summed E-state index contributed by atoms with van der Waals surface area (Å²) < 4.78 is 4.63. The zero-order valence-corrected chi connectivity index (χ0v) is 18.5. The van der Waals surface area contributed by atoms with Crippen LogP contribution in [0.4, 0.5) is 0 Å². The number of hydrogen-bond acceptors (Lipinski definition) is 4. The zero-order valence-electron chi connectivity index (χ0n) is 16.2. The molecule has 0 saturated carbocycles. The van der Waals surface area contributed by atoms with Gasteiger partial charge in [0.2, 0.25) is 5.91 Å². The first-order chi connectivity index (χ1) is 12.1. The standard InChI is InChI=1S/C18H34N4O3.HI/c1-3-20-18(21-11-7-5-4-6-10-17(24)25-2)22-12-8-9-15(14-22)13-16(19)23;/h15H,3-14H2,1-2H3,(H2,19,23)(H,20,21);1H. The van der Waals surface area contributed by atoms with Crippen LogP contribution in [0.25, 0.3) is 0 Å². The molecular weight excluding hydrogens is 447 g/mol. The van der Waals surface area contributed by atoms with Crippen molar-refractivity contribution < 1.29 is 14.3 Å². The molecule has 0 bridgehead atoms. The first-order valence-electron chi connectivity index (χ1n) is 9.45. The van der Waals surface area contributed by atoms with E-state index < -0.39 is 0 Å². The Morgan fingerprint density at radius 2 is 2.00 bits per heavy atom. The second-order valence-corrected chi connectivity index (χ2v) is 6.60. The van der Waals surface area contributed by atoms with Gasteiger partial charge in [-0.2, -0.15) is 0 Å². The van der Waals surface area contributed by atoms with E-state index in [4.69, 9.17) is 10.7 Å². The number of carbonyl (C=O) groups excluding carboxylic acids is 2. The molecule has 1 saturated heterocycles. The van der Waals surface area contributed by atoms with Gasteiger partial charge in [0.1, 0.15) is 0 Å². The maximum Gasteiger partial charge on any atom is 0.305 e. The Hall–Kier alpha value is -1.06. The Morgan fingerprint density at radius 1 is 1.27 bits per heavy atom. The second-order valence-electron chi connectivity index (χ2n) is 6.60. The molecule has 1 aliphatic rings. The first kappa shape index (κ1) is 24.9. The lowest BCUT2D eigenvalue weighted by atomic mass is 9.95. The highest BCUT2D eigenvalue weighted by molar-refractivity contribution is 14.0. The number of guanidine groups is 1. The van der Waals surface area contributed by atoms with Crippen LogP contribution in [0.2, 0.25) is 0 Å². The number of amides is 1. The summed E-state index contributed by atoms with van der Waals surface area (Å²) in [4.78, 5) is 29.2. The second kappa shape index (κ2) is 15.0. The van der Waals surface area contributed by atoms with Crippen LogP contribution in [0.1, 0.15) is 58.3 Å². The third kappa shape index (κ3) is 10.8. The third-order valence-electron chi connectivity index (χ3n) is 4.42. The third-order valence-corrected chi connectivity index (χ3v) is 4.42. The number of unbranched alkanes of at least 4 members (excludes halogenated alkanes) is 3. The van der Waals surface area contributed by atoms with Gasteiger partial charge in [-0.1, -0.05) is 12.8 Å². The number of aliphatic imine (C=N–C) groups is 1. The van der Waals surface area contributed by atoms with Crippen LogP contribution in [-0.2, 0) is 14.3 Å². The summed E-state index contributed by atoms with van der Waals surface area (Å²) in [5.74, 6) is 0.906. The minimum atomic E-state index is -0.222. The first-order valence-corrected chi connectivity index (χ1v) is 9.45. The summed E-state index contributed by atoms with van der Waals surface area (Å²) in [7, 11) is 1.42. The smallest absolute Gasteiger partial charge is 0.305 e. The molecule has 0 aliphatic carbocycles. The maximum atomic E-state index is 11.2. The predicted octanol–water partition coefficient (Wildman–Crippen LogP) is 2.28. The van der Waals surface area contributed by atoms with Gasteiger partial charge in [-0.05, 0) is 38.5 Å². The summed E-state index contributed by atoms with van der Waals surface area (Å²) in [5, 5.41) is 3.35. The average molecular weight is 482 g/mol. The van der Waals surface area contributed by atoms with E-state index in [-0.39, 0.29) is 35.9 Å². The van der Waals surface area contributed by atoms with Crippen molar-refractivity contribution in [2.45, 2.75) is 58.3 Å². The number of rotatable bonds is 10. The molecular formula is C18H35IN4O3. The van der Waals surface area contributed by atoms with Crippen LogP contribution in [0.5, 0.6) is 0 Å². The van der Waals surface area contributed by atoms with E-state index in [1.54, 1.807) is 0 Å². The lowest BCUT2D eigenvalue weighted by Crippen LogP contribution is -2.47. The fourth-order valence-corrected chi connectivity index (χ4v) is 3.16. The number of nitrogens with one attached hydrogen (secondary N) is 1. The van der Waals surface area contributed by atoms with Crippen molar-refractivity contribution >= 4 is 41.8 Å². The molecule has 1 fully saturated rings. The number of piperidine rings is 1. The van der Waals surface area contributed by atoms with E-state index in [1.807, 2.05) is 0 Å². The number of carbonyl (C=O) groups is 2. The van der Waals surface area contributed by atoms with Crippen LogP contribution in [0, 0.1) is 5.92 Å². The minimum absolute atomic E-state index is 0. The molecule has 1 heterocycles. The molecule has 3 N–H and O–H groups in total. The zero-order chi connectivity index (χ0) is 18.5. The van der Waals surface area contributed by atoms with Crippen LogP contribution in [0.3, 0.4) is 0 Å². The fourth-order valence-electron chi connectivity index (χ4n) is 3.16. The molecule has 0 spiro atoms. The summed E-state index contributed by atoms with van der Waals surface area (Å²) in [5.41, 5.74) is 5.34. The van der Waals surface area contributed by atoms with Crippen molar-refractivity contribution in [3.8, 4) is 0 Å². The van der Waals surface area contributed by atoms with E-state index in [9.17, 15) is 9.59 Å². The van der Waals surface area contributed by atoms with Crippen LogP contribution in [-0.4, -0.2) is 56.0 Å². The van der Waals surface area contributed by atoms with E-state index in [0.717, 1.165) is 70.7 Å². The predicted molar refractivity (Wildman–Crippen MR) is 115 cm³/mol. The molecule has 1 unspecified atom stereocenters. The highest BCUT2D eigenvalue weighted by Crippen LogP contribution is 2.19. The lowest BCUT2D eigenvalue weighted by Gasteiger charge is -2.34. The molecule has 152 valence electrons. The number of ether oxygens (including phenoxy) is 1. The molecule has 1 atom stereocenters. The van der Waals surface area contributed by atoms with Gasteiger partial charge in [0.15, 0.2) is 5.96 Å². The number of hydrogen-bond donors (Lipinski definition) is 2. The van der Waals surface area contributed by atoms with Gasteiger partial charge in [-0.25, -0.2) is 0 Å².